The molecule has 1 aliphatic rings. The van der Waals surface area contributed by atoms with Crippen LogP contribution in [0.5, 0.6) is 0 Å². The summed E-state index contributed by atoms with van der Waals surface area (Å²) < 4.78 is 27.8. The van der Waals surface area contributed by atoms with E-state index in [-0.39, 0.29) is 10.8 Å². The third kappa shape index (κ3) is 3.60. The summed E-state index contributed by atoms with van der Waals surface area (Å²) in [5.41, 5.74) is 3.63. The third-order valence-corrected chi connectivity index (χ3v) is 6.04. The van der Waals surface area contributed by atoms with E-state index in [1.54, 1.807) is 36.1 Å². The van der Waals surface area contributed by atoms with E-state index in [1.165, 1.54) is 0 Å². The van der Waals surface area contributed by atoms with Gasteiger partial charge in [0.1, 0.15) is 6.04 Å². The summed E-state index contributed by atoms with van der Waals surface area (Å²) in [5.74, 6) is -0.206. The van der Waals surface area contributed by atoms with Gasteiger partial charge in [-0.3, -0.25) is 4.79 Å². The lowest BCUT2D eigenvalue weighted by Crippen LogP contribution is -2.41. The van der Waals surface area contributed by atoms with E-state index in [0.717, 1.165) is 16.8 Å². The molecule has 0 aliphatic carbocycles. The highest BCUT2D eigenvalue weighted by Gasteiger charge is 2.36. The van der Waals surface area contributed by atoms with Crippen LogP contribution < -0.4 is 9.62 Å². The van der Waals surface area contributed by atoms with Crippen LogP contribution >= 0.6 is 0 Å². The molecule has 132 valence electrons. The number of nitrogens with one attached hydrogen (secondary N) is 1. The van der Waals surface area contributed by atoms with Gasteiger partial charge in [0.15, 0.2) is 0 Å². The summed E-state index contributed by atoms with van der Waals surface area (Å²) in [7, 11) is -3.73. The normalized spacial score (nSPS) is 18.0. The minimum Gasteiger partial charge on any atom is -0.311 e. The topological polar surface area (TPSA) is 66.5 Å². The zero-order chi connectivity index (χ0) is 18.2. The van der Waals surface area contributed by atoms with Crippen LogP contribution in [0.15, 0.2) is 47.4 Å². The molecule has 0 bridgehead atoms. The summed E-state index contributed by atoms with van der Waals surface area (Å²) in [4.78, 5) is 14.6. The SMILES string of the molecule is Cc1cc(C)cc(N2CC[C@@H](NS(=O)(=O)c3ccccc3C)C2=O)c1. The molecule has 25 heavy (non-hydrogen) atoms. The van der Waals surface area contributed by atoms with E-state index in [2.05, 4.69) is 4.72 Å². The number of amides is 1. The van der Waals surface area contributed by atoms with Crippen molar-refractivity contribution in [1.82, 2.24) is 4.72 Å². The van der Waals surface area contributed by atoms with Gasteiger partial charge in [0, 0.05) is 12.2 Å². The first kappa shape index (κ1) is 17.6. The van der Waals surface area contributed by atoms with Crippen molar-refractivity contribution in [2.24, 2.45) is 0 Å². The number of aryl methyl sites for hydroxylation is 3. The van der Waals surface area contributed by atoms with Gasteiger partial charge in [0.05, 0.1) is 4.90 Å². The van der Waals surface area contributed by atoms with Gasteiger partial charge in [-0.25, -0.2) is 8.42 Å². The molecule has 2 aromatic carbocycles. The first-order valence-electron chi connectivity index (χ1n) is 8.25. The molecule has 1 aliphatic heterocycles. The van der Waals surface area contributed by atoms with Crippen molar-refractivity contribution >= 4 is 21.6 Å². The predicted octanol–water partition coefficient (Wildman–Crippen LogP) is 2.70. The summed E-state index contributed by atoms with van der Waals surface area (Å²) >= 11 is 0. The lowest BCUT2D eigenvalue weighted by Gasteiger charge is -2.19. The van der Waals surface area contributed by atoms with Crippen LogP contribution in [0.3, 0.4) is 0 Å². The molecule has 0 aromatic heterocycles. The molecule has 1 amide bonds. The van der Waals surface area contributed by atoms with Crippen LogP contribution in [0.25, 0.3) is 0 Å². The molecule has 1 fully saturated rings. The van der Waals surface area contributed by atoms with Crippen LogP contribution in [0.1, 0.15) is 23.1 Å². The second-order valence-corrected chi connectivity index (χ2v) is 8.25. The maximum absolute atomic E-state index is 12.7. The second kappa shape index (κ2) is 6.61. The van der Waals surface area contributed by atoms with Gasteiger partial charge >= 0.3 is 0 Å². The van der Waals surface area contributed by atoms with Crippen LogP contribution in [0, 0.1) is 20.8 Å². The Kier molecular flexibility index (Phi) is 4.67. The summed E-state index contributed by atoms with van der Waals surface area (Å²) in [6.45, 7) is 6.21. The van der Waals surface area contributed by atoms with Gasteiger partial charge in [-0.05, 0) is 62.1 Å². The zero-order valence-electron chi connectivity index (χ0n) is 14.6. The molecule has 6 heteroatoms. The fraction of sp³-hybridized carbons (Fsp3) is 0.316. The Bertz CT molecular complexity index is 902. The molecular weight excluding hydrogens is 336 g/mol. The molecule has 0 radical (unpaired) electrons. The fourth-order valence-electron chi connectivity index (χ4n) is 3.26. The highest BCUT2D eigenvalue weighted by atomic mass is 32.2. The third-order valence-electron chi connectivity index (χ3n) is 4.40. The Hall–Kier alpha value is -2.18. The van der Waals surface area contributed by atoms with E-state index < -0.39 is 16.1 Å². The van der Waals surface area contributed by atoms with Crippen LogP contribution in [0.4, 0.5) is 5.69 Å². The molecule has 1 atom stereocenters. The van der Waals surface area contributed by atoms with E-state index in [1.807, 2.05) is 32.0 Å². The van der Waals surface area contributed by atoms with E-state index in [0.29, 0.717) is 18.5 Å². The first-order valence-corrected chi connectivity index (χ1v) is 9.74. The van der Waals surface area contributed by atoms with E-state index >= 15 is 0 Å². The minimum atomic E-state index is -3.73. The number of anilines is 1. The van der Waals surface area contributed by atoms with E-state index in [4.69, 9.17) is 0 Å². The molecule has 1 heterocycles. The van der Waals surface area contributed by atoms with Gasteiger partial charge < -0.3 is 4.90 Å². The van der Waals surface area contributed by atoms with Gasteiger partial charge in [-0.1, -0.05) is 24.3 Å². The summed E-state index contributed by atoms with van der Waals surface area (Å²) in [5, 5.41) is 0. The van der Waals surface area contributed by atoms with Crippen molar-refractivity contribution in [3.8, 4) is 0 Å². The number of hydrogen-bond donors (Lipinski definition) is 1. The number of benzene rings is 2. The predicted molar refractivity (Wildman–Crippen MR) is 98.2 cm³/mol. The van der Waals surface area contributed by atoms with Gasteiger partial charge in [0.25, 0.3) is 0 Å². The van der Waals surface area contributed by atoms with Crippen molar-refractivity contribution in [1.29, 1.82) is 0 Å². The van der Waals surface area contributed by atoms with Gasteiger partial charge in [-0.15, -0.1) is 0 Å². The Labute approximate surface area is 148 Å². The largest absolute Gasteiger partial charge is 0.311 e. The standard InChI is InChI=1S/C19H22N2O3S/c1-13-10-14(2)12-16(11-13)21-9-8-17(19(21)22)20-25(23,24)18-7-5-4-6-15(18)3/h4-7,10-12,17,20H,8-9H2,1-3H3/t17-/m1/s1. The molecule has 0 spiro atoms. The molecule has 2 aromatic rings. The molecule has 5 nitrogen and oxygen atoms in total. The lowest BCUT2D eigenvalue weighted by atomic mass is 10.1. The molecular formula is C19H22N2O3S. The maximum atomic E-state index is 12.7. The quantitative estimate of drug-likeness (QED) is 0.914. The second-order valence-electron chi connectivity index (χ2n) is 6.56. The smallest absolute Gasteiger partial charge is 0.245 e. The van der Waals surface area contributed by atoms with Crippen molar-refractivity contribution < 1.29 is 13.2 Å². The fourth-order valence-corrected chi connectivity index (χ4v) is 4.73. The van der Waals surface area contributed by atoms with E-state index in [9.17, 15) is 13.2 Å². The minimum absolute atomic E-state index is 0.206. The summed E-state index contributed by atoms with van der Waals surface area (Å²) in [6, 6.07) is 12.0. The van der Waals surface area contributed by atoms with Gasteiger partial charge in [-0.2, -0.15) is 4.72 Å². The Morgan fingerprint density at radius 2 is 1.68 bits per heavy atom. The number of carbonyl (C=O) groups is 1. The van der Waals surface area contributed by atoms with Crippen molar-refractivity contribution in [2.75, 3.05) is 11.4 Å². The Balaban J connectivity index is 1.82. The zero-order valence-corrected chi connectivity index (χ0v) is 15.4. The number of sulfonamides is 1. The number of rotatable bonds is 4. The highest BCUT2D eigenvalue weighted by molar-refractivity contribution is 7.89. The lowest BCUT2D eigenvalue weighted by molar-refractivity contribution is -0.118. The van der Waals surface area contributed by atoms with Crippen molar-refractivity contribution in [2.45, 2.75) is 38.1 Å². The molecule has 1 saturated heterocycles. The van der Waals surface area contributed by atoms with Crippen LogP contribution in [0.2, 0.25) is 0 Å². The van der Waals surface area contributed by atoms with Gasteiger partial charge in [0.2, 0.25) is 15.9 Å². The average molecular weight is 358 g/mol. The molecule has 0 unspecified atom stereocenters. The van der Waals surface area contributed by atoms with Crippen LogP contribution in [-0.2, 0) is 14.8 Å². The van der Waals surface area contributed by atoms with Crippen molar-refractivity contribution in [3.63, 3.8) is 0 Å². The number of hydrogen-bond acceptors (Lipinski definition) is 3. The number of nitrogens with zero attached hydrogens (tertiary/aromatic N) is 1. The molecule has 3 rings (SSSR count). The molecule has 1 N–H and O–H groups in total. The average Bonchev–Trinajstić information content (AvgIpc) is 2.87. The molecule has 0 saturated carbocycles. The Morgan fingerprint density at radius 3 is 2.32 bits per heavy atom. The number of carbonyl (C=O) groups excluding carboxylic acids is 1. The maximum Gasteiger partial charge on any atom is 0.245 e. The van der Waals surface area contributed by atoms with Crippen molar-refractivity contribution in [3.05, 3.63) is 59.2 Å². The van der Waals surface area contributed by atoms with Crippen LogP contribution in [-0.4, -0.2) is 26.9 Å². The monoisotopic (exact) mass is 358 g/mol. The first-order chi connectivity index (χ1) is 11.8. The highest BCUT2D eigenvalue weighted by Crippen LogP contribution is 2.25. The summed E-state index contributed by atoms with van der Waals surface area (Å²) in [6.07, 6.45) is 0.455. The Morgan fingerprint density at radius 1 is 1.04 bits per heavy atom.